The fourth-order valence-corrected chi connectivity index (χ4v) is 12.0. The van der Waals surface area contributed by atoms with Crippen LogP contribution in [0.5, 0.6) is 0 Å². The third-order valence-electron chi connectivity index (χ3n) is 7.50. The van der Waals surface area contributed by atoms with Gasteiger partial charge in [-0.15, -0.1) is 0 Å². The molecule has 0 radical (unpaired) electrons. The molecule has 5 rings (SSSR count). The maximum absolute atomic E-state index is 6.85. The summed E-state index contributed by atoms with van der Waals surface area (Å²) in [5, 5.41) is 2.62. The van der Waals surface area contributed by atoms with E-state index in [-0.39, 0.29) is 0 Å². The Morgan fingerprint density at radius 1 is 0.816 bits per heavy atom. The first kappa shape index (κ1) is 26.9. The lowest BCUT2D eigenvalue weighted by atomic mass is 10.1. The molecule has 2 aromatic heterocycles. The predicted molar refractivity (Wildman–Crippen MR) is 158 cm³/mol. The van der Waals surface area contributed by atoms with Crippen LogP contribution < -0.4 is 0 Å². The van der Waals surface area contributed by atoms with Crippen LogP contribution in [0.4, 0.5) is 0 Å². The van der Waals surface area contributed by atoms with E-state index in [1.54, 1.807) is 18.6 Å². The van der Waals surface area contributed by atoms with E-state index in [1.807, 2.05) is 30.3 Å². The number of halogens is 2. The minimum Gasteiger partial charge on any atom is -0.412 e. The van der Waals surface area contributed by atoms with Crippen LogP contribution in [-0.2, 0) is 11.0 Å². The van der Waals surface area contributed by atoms with Gasteiger partial charge in [0.15, 0.2) is 11.5 Å². The zero-order valence-electron chi connectivity index (χ0n) is 22.5. The fourth-order valence-electron chi connectivity index (χ4n) is 5.92. The van der Waals surface area contributed by atoms with E-state index >= 15 is 0 Å². The van der Waals surface area contributed by atoms with Gasteiger partial charge in [0, 0.05) is 23.2 Å². The van der Waals surface area contributed by atoms with Gasteiger partial charge < -0.3 is 4.43 Å². The topological polar surface area (TPSA) is 73.7 Å². The average molecular weight is 565 g/mol. The van der Waals surface area contributed by atoms with Crippen molar-refractivity contribution in [1.29, 1.82) is 0 Å². The molecule has 0 saturated heterocycles. The van der Waals surface area contributed by atoms with E-state index in [2.05, 4.69) is 51.5 Å². The molecule has 0 aliphatic carbocycles. The zero-order valence-corrected chi connectivity index (χ0v) is 25.0. The molecule has 0 N–H and O–H groups in total. The molecular formula is C29H31Cl2N5OSi. The molecule has 2 aliphatic heterocycles. The van der Waals surface area contributed by atoms with E-state index in [9.17, 15) is 0 Å². The lowest BCUT2D eigenvalue weighted by molar-refractivity contribution is 0.266. The molecule has 1 aromatic carbocycles. The Labute approximate surface area is 234 Å². The average Bonchev–Trinajstić information content (AvgIpc) is 3.23. The molecule has 196 valence electrons. The number of aromatic nitrogens is 5. The molecule has 9 heteroatoms. The van der Waals surface area contributed by atoms with Gasteiger partial charge in [-0.2, -0.15) is 0 Å². The van der Waals surface area contributed by atoms with E-state index < -0.39 is 8.32 Å². The van der Waals surface area contributed by atoms with Crippen molar-refractivity contribution in [2.45, 2.75) is 64.8 Å². The molecule has 4 heterocycles. The van der Waals surface area contributed by atoms with Crippen LogP contribution in [0.1, 0.15) is 47.1 Å². The SMILES string of the molecule is CC(C)[Si](OCc1cc(Cl)c(-c2nc3c4ccncc4nc4ncccc4c-3n2)c(Cl)c1)(C(C)C)C(C)C. The highest BCUT2D eigenvalue weighted by Crippen LogP contribution is 2.44. The Morgan fingerprint density at radius 3 is 2.08 bits per heavy atom. The zero-order chi connectivity index (χ0) is 27.2. The van der Waals surface area contributed by atoms with Gasteiger partial charge in [0.1, 0.15) is 11.4 Å². The first-order chi connectivity index (χ1) is 18.1. The molecule has 0 unspecified atom stereocenters. The maximum Gasteiger partial charge on any atom is 0.200 e. The Kier molecular flexibility index (Phi) is 7.39. The van der Waals surface area contributed by atoms with Crippen LogP contribution in [0, 0.1) is 0 Å². The maximum atomic E-state index is 6.85. The monoisotopic (exact) mass is 563 g/mol. The molecule has 0 bridgehead atoms. The Balaban J connectivity index is 1.60. The summed E-state index contributed by atoms with van der Waals surface area (Å²) >= 11 is 13.7. The quantitative estimate of drug-likeness (QED) is 0.184. The van der Waals surface area contributed by atoms with Crippen molar-refractivity contribution in [2.75, 3.05) is 0 Å². The summed E-state index contributed by atoms with van der Waals surface area (Å²) in [7, 11) is -2.03. The number of hydrogen-bond acceptors (Lipinski definition) is 6. The fraction of sp³-hybridized carbons (Fsp3) is 0.345. The second kappa shape index (κ2) is 10.5. The second-order valence-corrected chi connectivity index (χ2v) is 16.9. The smallest absolute Gasteiger partial charge is 0.200 e. The molecule has 38 heavy (non-hydrogen) atoms. The van der Waals surface area contributed by atoms with Crippen molar-refractivity contribution >= 4 is 53.5 Å². The van der Waals surface area contributed by atoms with Crippen LogP contribution in [0.15, 0.2) is 48.9 Å². The summed E-state index contributed by atoms with van der Waals surface area (Å²) in [6.45, 7) is 14.1. The minimum atomic E-state index is -2.03. The number of fused-ring (bicyclic) bond motifs is 5. The highest BCUT2D eigenvalue weighted by molar-refractivity contribution is 6.77. The van der Waals surface area contributed by atoms with E-state index in [0.717, 1.165) is 16.3 Å². The van der Waals surface area contributed by atoms with Gasteiger partial charge in [-0.1, -0.05) is 64.7 Å². The minimum absolute atomic E-state index is 0.465. The largest absolute Gasteiger partial charge is 0.412 e. The van der Waals surface area contributed by atoms with Crippen molar-refractivity contribution in [1.82, 2.24) is 24.9 Å². The number of nitrogens with zero attached hydrogens (tertiary/aromatic N) is 5. The molecule has 2 aliphatic rings. The third-order valence-corrected chi connectivity index (χ3v) is 14.2. The molecule has 0 spiro atoms. The molecule has 0 saturated carbocycles. The van der Waals surface area contributed by atoms with Crippen molar-refractivity contribution < 1.29 is 4.43 Å². The highest BCUT2D eigenvalue weighted by atomic mass is 35.5. The molecule has 0 fully saturated rings. The van der Waals surface area contributed by atoms with Crippen molar-refractivity contribution in [3.05, 3.63) is 64.5 Å². The van der Waals surface area contributed by atoms with Gasteiger partial charge in [0.25, 0.3) is 0 Å². The summed E-state index contributed by atoms with van der Waals surface area (Å²) in [6.07, 6.45) is 5.14. The van der Waals surface area contributed by atoms with Crippen LogP contribution in [-0.4, -0.2) is 33.2 Å². The van der Waals surface area contributed by atoms with Gasteiger partial charge >= 0.3 is 0 Å². The molecule has 3 aromatic rings. The summed E-state index contributed by atoms with van der Waals surface area (Å²) in [4.78, 5) is 23.2. The molecule has 0 amide bonds. The first-order valence-corrected chi connectivity index (χ1v) is 15.8. The Hall–Kier alpha value is -2.71. The number of rotatable bonds is 7. The lowest BCUT2D eigenvalue weighted by Crippen LogP contribution is -2.47. The van der Waals surface area contributed by atoms with Crippen molar-refractivity contribution in [3.8, 4) is 22.8 Å². The number of hydrogen-bond donors (Lipinski definition) is 0. The summed E-state index contributed by atoms with van der Waals surface area (Å²) < 4.78 is 6.78. The van der Waals surface area contributed by atoms with Gasteiger partial charge in [0.05, 0.1) is 33.9 Å². The normalized spacial score (nSPS) is 12.6. The number of pyridine rings is 2. The van der Waals surface area contributed by atoms with E-state index in [4.69, 9.17) is 42.6 Å². The van der Waals surface area contributed by atoms with E-state index in [1.165, 1.54) is 0 Å². The predicted octanol–water partition coefficient (Wildman–Crippen LogP) is 8.74. The second-order valence-electron chi connectivity index (χ2n) is 10.7. The van der Waals surface area contributed by atoms with Crippen LogP contribution in [0.25, 0.3) is 44.7 Å². The van der Waals surface area contributed by atoms with Gasteiger partial charge in [0.2, 0.25) is 8.32 Å². The molecular weight excluding hydrogens is 533 g/mol. The highest BCUT2D eigenvalue weighted by Gasteiger charge is 2.45. The van der Waals surface area contributed by atoms with E-state index in [0.29, 0.717) is 67.2 Å². The van der Waals surface area contributed by atoms with Crippen molar-refractivity contribution in [3.63, 3.8) is 0 Å². The number of benzene rings is 1. The summed E-state index contributed by atoms with van der Waals surface area (Å²) in [5.41, 5.74) is 5.67. The van der Waals surface area contributed by atoms with Crippen LogP contribution >= 0.6 is 23.2 Å². The lowest BCUT2D eigenvalue weighted by Gasteiger charge is -2.42. The molecule has 0 atom stereocenters. The van der Waals surface area contributed by atoms with Crippen LogP contribution in [0.3, 0.4) is 0 Å². The first-order valence-electron chi connectivity index (χ1n) is 12.9. The van der Waals surface area contributed by atoms with Gasteiger partial charge in [-0.05, 0) is 52.5 Å². The summed E-state index contributed by atoms with van der Waals surface area (Å²) in [5.74, 6) is 0.465. The number of imidazole rings is 1. The standard InChI is InChI=1S/C29H31Cl2N5OSi/c1-16(2)38(17(3)4,18(5)6)37-15-19-12-22(30)25(23(31)13-19)29-35-26-20-9-11-32-14-24(20)34-28-21(27(26)36-29)8-7-10-33-28/h7-14,16-18H,15H2,1-6H3. The summed E-state index contributed by atoms with van der Waals surface area (Å²) in [6, 6.07) is 9.55. The Morgan fingerprint density at radius 2 is 1.45 bits per heavy atom. The Bertz CT molecular complexity index is 1490. The third kappa shape index (κ3) is 4.55. The molecule has 6 nitrogen and oxygen atoms in total. The van der Waals surface area contributed by atoms with Crippen LogP contribution in [0.2, 0.25) is 26.7 Å². The van der Waals surface area contributed by atoms with Crippen molar-refractivity contribution in [2.24, 2.45) is 0 Å². The van der Waals surface area contributed by atoms with Gasteiger partial charge in [-0.3, -0.25) is 4.98 Å². The van der Waals surface area contributed by atoms with Gasteiger partial charge in [-0.25, -0.2) is 19.9 Å².